The fraction of sp³-hybridized carbons (Fsp3) is 0.366. The van der Waals surface area contributed by atoms with Gasteiger partial charge >= 0.3 is 0 Å². The molecule has 0 aliphatic rings. The Morgan fingerprint density at radius 1 is 0.627 bits per heavy atom. The lowest BCUT2D eigenvalue weighted by Gasteiger charge is -2.02. The van der Waals surface area contributed by atoms with Gasteiger partial charge in [-0.05, 0) is 91.8 Å². The van der Waals surface area contributed by atoms with Crippen molar-refractivity contribution >= 4 is 67.9 Å². The summed E-state index contributed by atoms with van der Waals surface area (Å²) in [6.45, 7) is 9.36. The van der Waals surface area contributed by atoms with Crippen LogP contribution in [0.2, 0.25) is 0 Å². The Labute approximate surface area is 316 Å². The zero-order valence-corrected chi connectivity index (χ0v) is 30.5. The van der Waals surface area contributed by atoms with Gasteiger partial charge in [0.1, 0.15) is 0 Å². The largest absolute Gasteiger partial charge is 0.361 e. The molecule has 8 nitrogen and oxygen atoms in total. The van der Waals surface area contributed by atoms with Gasteiger partial charge in [0.2, 0.25) is 11.1 Å². The van der Waals surface area contributed by atoms with Crippen LogP contribution in [0.4, 0.5) is 0 Å². The second-order valence-electron chi connectivity index (χ2n) is 11.3. The molecule has 0 atom stereocenters. The van der Waals surface area contributed by atoms with Crippen LogP contribution in [0.3, 0.4) is 0 Å². The molecular weight excluding hydrogens is 679 g/mol. The summed E-state index contributed by atoms with van der Waals surface area (Å²) in [5.74, 6) is 0.111. The van der Waals surface area contributed by atoms with Gasteiger partial charge in [0.15, 0.2) is 0 Å². The Bertz CT molecular complexity index is 1810. The molecule has 280 valence electrons. The summed E-state index contributed by atoms with van der Waals surface area (Å²) in [6, 6.07) is 25.0. The van der Waals surface area contributed by atoms with Gasteiger partial charge in [-0.25, -0.2) is 0 Å². The van der Waals surface area contributed by atoms with Gasteiger partial charge in [-0.15, -0.1) is 12.4 Å². The lowest BCUT2D eigenvalue weighted by molar-refractivity contribution is -0.120. The third-order valence-electron chi connectivity index (χ3n) is 7.75. The van der Waals surface area contributed by atoms with E-state index < -0.39 is 0 Å². The molecule has 0 fully saturated rings. The van der Waals surface area contributed by atoms with E-state index in [-0.39, 0.29) is 38.4 Å². The van der Waals surface area contributed by atoms with Crippen LogP contribution in [-0.4, -0.2) is 52.3 Å². The Kier molecular flexibility index (Phi) is 24.6. The smallest absolute Gasteiger partial charge is 0.221 e. The van der Waals surface area contributed by atoms with E-state index in [1.165, 1.54) is 50.3 Å². The molecule has 0 bridgehead atoms. The highest BCUT2D eigenvalue weighted by Crippen LogP contribution is 2.19. The summed E-state index contributed by atoms with van der Waals surface area (Å²) in [7, 11) is 0. The van der Waals surface area contributed by atoms with E-state index in [9.17, 15) is 9.59 Å². The van der Waals surface area contributed by atoms with Crippen LogP contribution < -0.4 is 16.4 Å². The number of halogens is 2. The van der Waals surface area contributed by atoms with Gasteiger partial charge in [0, 0.05) is 70.7 Å². The number of nitrogens with two attached hydrogens (primary N) is 1. The number of hydrogen-bond donors (Lipinski definition) is 6. The molecule has 0 radical (unpaired) electrons. The fourth-order valence-corrected chi connectivity index (χ4v) is 5.16. The van der Waals surface area contributed by atoms with Gasteiger partial charge in [0.05, 0.1) is 0 Å². The van der Waals surface area contributed by atoms with Gasteiger partial charge in [0.25, 0.3) is 0 Å². The van der Waals surface area contributed by atoms with Crippen LogP contribution in [0.15, 0.2) is 91.4 Å². The number of aromatic nitrogens is 3. The average molecular weight is 740 g/mol. The molecule has 10 heteroatoms. The number of hydrogen-bond acceptors (Lipinski definition) is 4. The highest BCUT2D eigenvalue weighted by molar-refractivity contribution is 6.63. The standard InChI is InChI=1S/C13H16N2O.C13H18N2.C10H12N2.C3H5ClO.2CH4.ClH/c1-2-13(16)14-8-7-10-9-15-12-6-4-3-5-11(10)12;1-2-8-14-9-7-11-10-15-13-6-4-3-5-12(11)13;11-6-5-8-7-12-10-4-2-1-3-9(8)10;1-2-3(4)5;;;/h3-6,9,15H,2,7-8H2,1H3,(H,14,16);3-6,10,14-15H,2,7-9H2,1H3;1-4,7,12H,5-6,11H2;2H2,1H3;2*1H4;1H. The molecule has 7 N–H and O–H groups in total. The first-order chi connectivity index (χ1) is 23.4. The van der Waals surface area contributed by atoms with E-state index in [1.54, 1.807) is 6.92 Å². The van der Waals surface area contributed by atoms with Crippen LogP contribution in [0, 0.1) is 0 Å². The molecule has 6 aromatic rings. The predicted octanol–water partition coefficient (Wildman–Crippen LogP) is 9.47. The predicted molar refractivity (Wildman–Crippen MR) is 223 cm³/mol. The third-order valence-corrected chi connectivity index (χ3v) is 8.02. The number of fused-ring (bicyclic) bond motifs is 3. The number of carbonyl (C=O) groups is 2. The maximum Gasteiger partial charge on any atom is 0.221 e. The van der Waals surface area contributed by atoms with Crippen molar-refractivity contribution in [1.29, 1.82) is 0 Å². The molecule has 0 aliphatic heterocycles. The summed E-state index contributed by atoms with van der Waals surface area (Å²) in [4.78, 5) is 30.4. The maximum absolute atomic E-state index is 11.1. The molecule has 3 heterocycles. The third kappa shape index (κ3) is 15.8. The van der Waals surface area contributed by atoms with Crippen molar-refractivity contribution in [2.24, 2.45) is 5.73 Å². The number of benzene rings is 3. The molecule has 3 aromatic heterocycles. The van der Waals surface area contributed by atoms with E-state index in [4.69, 9.17) is 17.3 Å². The summed E-state index contributed by atoms with van der Waals surface area (Å²) < 4.78 is 0. The average Bonchev–Trinajstić information content (AvgIpc) is 3.85. The lowest BCUT2D eigenvalue weighted by Crippen LogP contribution is -2.24. The van der Waals surface area contributed by atoms with Crippen molar-refractivity contribution in [1.82, 2.24) is 25.6 Å². The lowest BCUT2D eigenvalue weighted by atomic mass is 10.1. The topological polar surface area (TPSA) is 132 Å². The number of aromatic amines is 3. The van der Waals surface area contributed by atoms with Crippen LogP contribution in [0.1, 0.15) is 71.6 Å². The Morgan fingerprint density at radius 2 is 1.02 bits per heavy atom. The minimum atomic E-state index is -0.273. The summed E-state index contributed by atoms with van der Waals surface area (Å²) in [5, 5.41) is 9.93. The van der Waals surface area contributed by atoms with Crippen LogP contribution in [0.25, 0.3) is 32.7 Å². The normalized spacial score (nSPS) is 9.82. The monoisotopic (exact) mass is 738 g/mol. The van der Waals surface area contributed by atoms with Gasteiger partial charge < -0.3 is 31.3 Å². The van der Waals surface area contributed by atoms with E-state index in [1.807, 2.05) is 37.5 Å². The number of H-pyrrole nitrogens is 3. The van der Waals surface area contributed by atoms with E-state index in [2.05, 4.69) is 93.3 Å². The highest BCUT2D eigenvalue weighted by Gasteiger charge is 2.04. The number of para-hydroxylation sites is 3. The van der Waals surface area contributed by atoms with Crippen molar-refractivity contribution in [3.8, 4) is 0 Å². The number of rotatable bonds is 12. The summed E-state index contributed by atoms with van der Waals surface area (Å²) >= 11 is 4.82. The van der Waals surface area contributed by atoms with Crippen LogP contribution >= 0.6 is 24.0 Å². The molecule has 3 aromatic carbocycles. The molecule has 0 saturated heterocycles. The SMILES string of the molecule is C.C.CCC(=O)Cl.CCC(=O)NCCc1c[nH]c2ccccc12.CCCNCCc1c[nH]c2ccccc12.Cl.NCCc1c[nH]c2ccccc12. The maximum atomic E-state index is 11.1. The second kappa shape index (κ2) is 26.7. The van der Waals surface area contributed by atoms with Crippen molar-refractivity contribution < 1.29 is 9.59 Å². The summed E-state index contributed by atoms with van der Waals surface area (Å²) in [6.07, 6.45) is 11.3. The molecule has 0 aliphatic carbocycles. The summed E-state index contributed by atoms with van der Waals surface area (Å²) in [5.41, 5.74) is 13.1. The molecule has 0 saturated carbocycles. The van der Waals surface area contributed by atoms with Crippen LogP contribution in [-0.2, 0) is 28.9 Å². The molecular formula is C41H60Cl2N6O2. The first-order valence-electron chi connectivity index (χ1n) is 16.9. The Balaban J connectivity index is 0.000000675. The zero-order valence-electron chi connectivity index (χ0n) is 28.9. The molecule has 51 heavy (non-hydrogen) atoms. The van der Waals surface area contributed by atoms with Gasteiger partial charge in [-0.2, -0.15) is 0 Å². The number of amides is 1. The molecule has 0 spiro atoms. The van der Waals surface area contributed by atoms with E-state index >= 15 is 0 Å². The van der Waals surface area contributed by atoms with Crippen molar-refractivity contribution in [2.45, 2.75) is 74.1 Å². The minimum absolute atomic E-state index is 0. The first-order valence-corrected chi connectivity index (χ1v) is 17.3. The molecule has 6 rings (SSSR count). The second-order valence-corrected chi connectivity index (χ2v) is 11.7. The van der Waals surface area contributed by atoms with E-state index in [0.29, 0.717) is 25.9 Å². The van der Waals surface area contributed by atoms with Crippen molar-refractivity contribution in [2.75, 3.05) is 26.2 Å². The number of nitrogens with one attached hydrogen (secondary N) is 5. The quantitative estimate of drug-likeness (QED) is 0.0551. The minimum Gasteiger partial charge on any atom is -0.361 e. The number of carbonyl (C=O) groups excluding carboxylic acids is 2. The molecule has 0 unspecified atom stereocenters. The van der Waals surface area contributed by atoms with Gasteiger partial charge in [-0.3, -0.25) is 9.59 Å². The Hall–Kier alpha value is -4.08. The van der Waals surface area contributed by atoms with Crippen molar-refractivity contribution in [3.63, 3.8) is 0 Å². The van der Waals surface area contributed by atoms with Crippen LogP contribution in [0.5, 0.6) is 0 Å². The van der Waals surface area contributed by atoms with E-state index in [0.717, 1.165) is 37.9 Å². The zero-order chi connectivity index (χ0) is 34.6. The Morgan fingerprint density at radius 3 is 1.39 bits per heavy atom. The molecule has 1 amide bonds. The van der Waals surface area contributed by atoms with Gasteiger partial charge in [-0.1, -0.05) is 90.2 Å². The fourth-order valence-electron chi connectivity index (χ4n) is 5.16. The van der Waals surface area contributed by atoms with Crippen molar-refractivity contribution in [3.05, 3.63) is 108 Å². The first kappa shape index (κ1) is 46.9. The highest BCUT2D eigenvalue weighted by atomic mass is 35.5.